The van der Waals surface area contributed by atoms with Crippen molar-refractivity contribution in [2.24, 2.45) is 0 Å². The Morgan fingerprint density at radius 2 is 0.958 bits per heavy atom. The number of hydrogen-bond acceptors (Lipinski definition) is 1. The van der Waals surface area contributed by atoms with Crippen LogP contribution in [0.2, 0.25) is 0 Å². The van der Waals surface area contributed by atoms with E-state index < -0.39 is 0 Å². The molecule has 0 aliphatic carbocycles. The molecule has 2 aromatic carbocycles. The Bertz CT molecular complexity index is 578. The van der Waals surface area contributed by atoms with Crippen molar-refractivity contribution in [2.45, 2.75) is 27.7 Å². The van der Waals surface area contributed by atoms with Crippen molar-refractivity contribution >= 4 is 37.8 Å². The molecule has 0 amide bonds. The Hall–Kier alpha value is -0.900. The van der Waals surface area contributed by atoms with E-state index >= 15 is 0 Å². The highest BCUT2D eigenvalue weighted by Gasteiger charge is 2.18. The molecule has 0 N–H and O–H groups in total. The van der Waals surface area contributed by atoms with Gasteiger partial charge in [-0.1, -0.05) is 79.9 Å². The molecule has 130 valence electrons. The van der Waals surface area contributed by atoms with E-state index in [1.165, 1.54) is 36.0 Å². The highest BCUT2D eigenvalue weighted by Crippen LogP contribution is 2.41. The summed E-state index contributed by atoms with van der Waals surface area (Å²) in [6, 6.07) is 18.0. The molecule has 2 rings (SSSR count). The molecular weight excluding hydrogens is 328 g/mol. The summed E-state index contributed by atoms with van der Waals surface area (Å²) in [5, 5.41) is 3.10. The Labute approximate surface area is 151 Å². The lowest BCUT2D eigenvalue weighted by Crippen LogP contribution is -2.23. The Kier molecular flexibility index (Phi) is 7.73. The molecular formula is C21H31NP2. The smallest absolute Gasteiger partial charge is 0.0486 e. The summed E-state index contributed by atoms with van der Waals surface area (Å²) in [6.45, 7) is 9.31. The summed E-state index contributed by atoms with van der Waals surface area (Å²) in [5.41, 5.74) is 2.78. The van der Waals surface area contributed by atoms with Crippen LogP contribution in [-0.2, 0) is 0 Å². The molecule has 0 atom stereocenters. The monoisotopic (exact) mass is 359 g/mol. The van der Waals surface area contributed by atoms with Crippen LogP contribution in [0.25, 0.3) is 0 Å². The summed E-state index contributed by atoms with van der Waals surface area (Å²) in [5.74, 6) is 0. The lowest BCUT2D eigenvalue weighted by molar-refractivity contribution is 1.22. The van der Waals surface area contributed by atoms with Crippen molar-refractivity contribution in [3.63, 3.8) is 0 Å². The standard InChI is InChI=1S/C21H31NP2/c1-6-23(7-2)20-16-12-10-14-18(20)22(5)19-15-11-13-17-21(19)24(8-3)9-4/h10-17H,6-9H2,1-5H3. The maximum Gasteiger partial charge on any atom is 0.0486 e. The summed E-state index contributed by atoms with van der Waals surface area (Å²) in [6.07, 6.45) is 5.04. The molecule has 3 heteroatoms. The van der Waals surface area contributed by atoms with Gasteiger partial charge in [-0.2, -0.15) is 0 Å². The van der Waals surface area contributed by atoms with Gasteiger partial charge in [0, 0.05) is 18.4 Å². The van der Waals surface area contributed by atoms with Crippen LogP contribution >= 0.6 is 15.8 Å². The first-order valence-electron chi connectivity index (χ1n) is 9.09. The molecule has 0 aromatic heterocycles. The Morgan fingerprint density at radius 3 is 1.29 bits per heavy atom. The third-order valence-corrected chi connectivity index (χ3v) is 9.87. The molecule has 0 aliphatic rings. The number of hydrogen-bond donors (Lipinski definition) is 0. The highest BCUT2D eigenvalue weighted by molar-refractivity contribution is 7.66. The van der Waals surface area contributed by atoms with Gasteiger partial charge in [-0.05, 0) is 47.4 Å². The van der Waals surface area contributed by atoms with Gasteiger partial charge in [-0.25, -0.2) is 0 Å². The highest BCUT2D eigenvalue weighted by atomic mass is 31.1. The second-order valence-electron chi connectivity index (χ2n) is 5.88. The molecule has 0 radical (unpaired) electrons. The maximum absolute atomic E-state index is 2.44. The van der Waals surface area contributed by atoms with Crippen LogP contribution in [0.4, 0.5) is 11.4 Å². The SMILES string of the molecule is CCP(CC)c1ccccc1N(C)c1ccccc1P(CC)CC. The van der Waals surface area contributed by atoms with Gasteiger partial charge in [-0.15, -0.1) is 0 Å². The second-order valence-corrected chi connectivity index (χ2v) is 11.5. The minimum Gasteiger partial charge on any atom is -0.344 e. The van der Waals surface area contributed by atoms with Crippen LogP contribution in [0, 0.1) is 0 Å². The number of benzene rings is 2. The molecule has 0 heterocycles. The number of anilines is 2. The van der Waals surface area contributed by atoms with Gasteiger partial charge < -0.3 is 4.90 Å². The van der Waals surface area contributed by atoms with E-state index in [0.29, 0.717) is 0 Å². The molecule has 1 nitrogen and oxygen atoms in total. The van der Waals surface area contributed by atoms with Crippen LogP contribution < -0.4 is 15.5 Å². The minimum absolute atomic E-state index is 0.0635. The van der Waals surface area contributed by atoms with Crippen molar-refractivity contribution in [3.05, 3.63) is 48.5 Å². The van der Waals surface area contributed by atoms with Gasteiger partial charge in [0.15, 0.2) is 0 Å². The fraction of sp³-hybridized carbons (Fsp3) is 0.429. The van der Waals surface area contributed by atoms with E-state index in [2.05, 4.69) is 88.2 Å². The summed E-state index contributed by atoms with van der Waals surface area (Å²) in [7, 11) is 2.12. The maximum atomic E-state index is 2.44. The van der Waals surface area contributed by atoms with Crippen molar-refractivity contribution in [3.8, 4) is 0 Å². The van der Waals surface area contributed by atoms with E-state index in [0.717, 1.165) is 0 Å². The first-order valence-corrected chi connectivity index (χ1v) is 12.5. The van der Waals surface area contributed by atoms with Crippen LogP contribution in [0.1, 0.15) is 27.7 Å². The summed E-state index contributed by atoms with van der Waals surface area (Å²) in [4.78, 5) is 2.44. The Morgan fingerprint density at radius 1 is 0.625 bits per heavy atom. The first-order chi connectivity index (χ1) is 11.7. The minimum atomic E-state index is -0.0635. The quantitative estimate of drug-likeness (QED) is 0.543. The topological polar surface area (TPSA) is 3.24 Å². The van der Waals surface area contributed by atoms with E-state index in [1.54, 1.807) is 10.6 Å². The predicted octanol–water partition coefficient (Wildman–Crippen LogP) is 5.75. The second kappa shape index (κ2) is 9.55. The van der Waals surface area contributed by atoms with Gasteiger partial charge in [0.2, 0.25) is 0 Å². The lowest BCUT2D eigenvalue weighted by Gasteiger charge is -2.29. The average Bonchev–Trinajstić information content (AvgIpc) is 2.64. The zero-order valence-corrected chi connectivity index (χ0v) is 17.6. The molecule has 0 spiro atoms. The molecule has 0 saturated carbocycles. The molecule has 24 heavy (non-hydrogen) atoms. The average molecular weight is 359 g/mol. The number of nitrogens with zero attached hydrogens (tertiary/aromatic N) is 1. The van der Waals surface area contributed by atoms with Crippen molar-refractivity contribution in [1.82, 2.24) is 0 Å². The third-order valence-electron chi connectivity index (χ3n) is 4.69. The van der Waals surface area contributed by atoms with E-state index in [4.69, 9.17) is 0 Å². The van der Waals surface area contributed by atoms with Gasteiger partial charge in [0.05, 0.1) is 0 Å². The van der Waals surface area contributed by atoms with Crippen LogP contribution in [-0.4, -0.2) is 31.7 Å². The van der Waals surface area contributed by atoms with E-state index in [1.807, 2.05) is 0 Å². The lowest BCUT2D eigenvalue weighted by atomic mass is 10.2. The van der Waals surface area contributed by atoms with Crippen molar-refractivity contribution in [2.75, 3.05) is 36.6 Å². The molecule has 2 aromatic rings. The fourth-order valence-corrected chi connectivity index (χ4v) is 7.24. The molecule has 0 fully saturated rings. The normalized spacial score (nSPS) is 11.3. The predicted molar refractivity (Wildman–Crippen MR) is 116 cm³/mol. The largest absolute Gasteiger partial charge is 0.344 e. The summed E-state index contributed by atoms with van der Waals surface area (Å²) < 4.78 is 0. The van der Waals surface area contributed by atoms with E-state index in [-0.39, 0.29) is 15.8 Å². The van der Waals surface area contributed by atoms with Gasteiger partial charge in [-0.3, -0.25) is 0 Å². The van der Waals surface area contributed by atoms with Gasteiger partial charge in [0.25, 0.3) is 0 Å². The fourth-order valence-electron chi connectivity index (χ4n) is 3.29. The Balaban J connectivity index is 2.49. The summed E-state index contributed by atoms with van der Waals surface area (Å²) >= 11 is 0. The number of rotatable bonds is 8. The van der Waals surface area contributed by atoms with Crippen LogP contribution in [0.5, 0.6) is 0 Å². The van der Waals surface area contributed by atoms with Crippen LogP contribution in [0.15, 0.2) is 48.5 Å². The molecule has 0 unspecified atom stereocenters. The molecule has 0 bridgehead atoms. The molecule has 0 saturated heterocycles. The third kappa shape index (κ3) is 4.19. The number of para-hydroxylation sites is 2. The van der Waals surface area contributed by atoms with Crippen molar-refractivity contribution < 1.29 is 0 Å². The van der Waals surface area contributed by atoms with E-state index in [9.17, 15) is 0 Å². The van der Waals surface area contributed by atoms with Crippen LogP contribution in [0.3, 0.4) is 0 Å². The zero-order valence-electron chi connectivity index (χ0n) is 15.8. The van der Waals surface area contributed by atoms with Gasteiger partial charge >= 0.3 is 0 Å². The van der Waals surface area contributed by atoms with Gasteiger partial charge in [0.1, 0.15) is 0 Å². The van der Waals surface area contributed by atoms with Crippen molar-refractivity contribution in [1.29, 1.82) is 0 Å². The molecule has 0 aliphatic heterocycles. The first kappa shape index (κ1) is 19.4. The zero-order chi connectivity index (χ0) is 17.5.